The SMILES string of the molecule is COCCNCCn1nnnc1SCc1ccc(Cl)s1. The molecule has 0 aliphatic heterocycles. The van der Waals surface area contributed by atoms with Gasteiger partial charge in [0.15, 0.2) is 0 Å². The standard InChI is InChI=1S/C11H16ClN5OS2/c1-18-7-5-13-4-6-17-11(14-15-16-17)19-8-9-2-3-10(12)20-9/h2-3,13H,4-8H2,1H3. The monoisotopic (exact) mass is 333 g/mol. The molecule has 2 heterocycles. The van der Waals surface area contributed by atoms with Crippen molar-refractivity contribution in [3.05, 3.63) is 21.3 Å². The van der Waals surface area contributed by atoms with E-state index in [0.29, 0.717) is 6.61 Å². The number of aromatic nitrogens is 4. The number of ether oxygens (including phenoxy) is 1. The van der Waals surface area contributed by atoms with E-state index < -0.39 is 0 Å². The van der Waals surface area contributed by atoms with Gasteiger partial charge in [0, 0.05) is 30.8 Å². The summed E-state index contributed by atoms with van der Waals surface area (Å²) in [6.45, 7) is 3.09. The molecular weight excluding hydrogens is 318 g/mol. The van der Waals surface area contributed by atoms with E-state index in [1.54, 1.807) is 34.9 Å². The third kappa shape index (κ3) is 5.02. The Morgan fingerprint density at radius 3 is 3.10 bits per heavy atom. The van der Waals surface area contributed by atoms with Crippen LogP contribution in [0.25, 0.3) is 0 Å². The van der Waals surface area contributed by atoms with Gasteiger partial charge in [0.25, 0.3) is 0 Å². The van der Waals surface area contributed by atoms with E-state index in [-0.39, 0.29) is 0 Å². The summed E-state index contributed by atoms with van der Waals surface area (Å²) in [4.78, 5) is 1.22. The van der Waals surface area contributed by atoms with Gasteiger partial charge in [0.1, 0.15) is 0 Å². The number of halogens is 1. The lowest BCUT2D eigenvalue weighted by molar-refractivity contribution is 0.199. The van der Waals surface area contributed by atoms with E-state index >= 15 is 0 Å². The fraction of sp³-hybridized carbons (Fsp3) is 0.545. The van der Waals surface area contributed by atoms with E-state index in [0.717, 1.165) is 34.9 Å². The van der Waals surface area contributed by atoms with E-state index in [1.165, 1.54) is 4.88 Å². The number of thiophene rings is 1. The molecule has 6 nitrogen and oxygen atoms in total. The smallest absolute Gasteiger partial charge is 0.209 e. The quantitative estimate of drug-likeness (QED) is 0.558. The zero-order valence-electron chi connectivity index (χ0n) is 11.1. The normalized spacial score (nSPS) is 11.1. The van der Waals surface area contributed by atoms with Crippen molar-refractivity contribution in [1.29, 1.82) is 0 Å². The van der Waals surface area contributed by atoms with Gasteiger partial charge < -0.3 is 10.1 Å². The number of nitrogens with zero attached hydrogens (tertiary/aromatic N) is 4. The number of tetrazole rings is 1. The summed E-state index contributed by atoms with van der Waals surface area (Å²) in [5.41, 5.74) is 0. The highest BCUT2D eigenvalue weighted by atomic mass is 35.5. The van der Waals surface area contributed by atoms with Crippen LogP contribution in [0.3, 0.4) is 0 Å². The minimum Gasteiger partial charge on any atom is -0.383 e. The van der Waals surface area contributed by atoms with Gasteiger partial charge in [-0.05, 0) is 22.6 Å². The highest BCUT2D eigenvalue weighted by Crippen LogP contribution is 2.27. The molecule has 110 valence electrons. The highest BCUT2D eigenvalue weighted by Gasteiger charge is 2.07. The first kappa shape index (κ1) is 15.7. The molecule has 0 amide bonds. The molecule has 0 fully saturated rings. The molecule has 0 aliphatic rings. The van der Waals surface area contributed by atoms with E-state index in [1.807, 2.05) is 12.1 Å². The minimum absolute atomic E-state index is 0.705. The molecule has 0 aliphatic carbocycles. The van der Waals surface area contributed by atoms with Crippen molar-refractivity contribution in [3.8, 4) is 0 Å². The predicted molar refractivity (Wildman–Crippen MR) is 81.5 cm³/mol. The first-order valence-electron chi connectivity index (χ1n) is 6.12. The van der Waals surface area contributed by atoms with Crippen LogP contribution in [-0.2, 0) is 17.0 Å². The number of thioether (sulfide) groups is 1. The lowest BCUT2D eigenvalue weighted by Crippen LogP contribution is -2.24. The van der Waals surface area contributed by atoms with Crippen molar-refractivity contribution >= 4 is 34.7 Å². The van der Waals surface area contributed by atoms with Crippen molar-refractivity contribution in [2.24, 2.45) is 0 Å². The maximum Gasteiger partial charge on any atom is 0.209 e. The molecule has 2 aromatic heterocycles. The maximum atomic E-state index is 5.91. The molecule has 9 heteroatoms. The van der Waals surface area contributed by atoms with E-state index in [9.17, 15) is 0 Å². The summed E-state index contributed by atoms with van der Waals surface area (Å²) in [7, 11) is 1.69. The Hall–Kier alpha value is -0.670. The van der Waals surface area contributed by atoms with Crippen LogP contribution in [0.15, 0.2) is 17.3 Å². The first-order valence-corrected chi connectivity index (χ1v) is 8.30. The van der Waals surface area contributed by atoms with Crippen molar-refractivity contribution < 1.29 is 4.74 Å². The molecule has 0 spiro atoms. The Bertz CT molecular complexity index is 518. The second-order valence-corrected chi connectivity index (χ2v) is 6.66. The zero-order chi connectivity index (χ0) is 14.2. The molecule has 0 bridgehead atoms. The van der Waals surface area contributed by atoms with Crippen LogP contribution < -0.4 is 5.32 Å². The van der Waals surface area contributed by atoms with E-state index in [2.05, 4.69) is 20.8 Å². The fourth-order valence-electron chi connectivity index (χ4n) is 1.49. The Kier molecular flexibility index (Phi) is 6.74. The lowest BCUT2D eigenvalue weighted by Gasteiger charge is -2.05. The summed E-state index contributed by atoms with van der Waals surface area (Å²) in [6, 6.07) is 3.94. The van der Waals surface area contributed by atoms with Gasteiger partial charge in [-0.2, -0.15) is 0 Å². The number of methoxy groups -OCH3 is 1. The first-order chi connectivity index (χ1) is 9.79. The van der Waals surface area contributed by atoms with Crippen LogP contribution in [-0.4, -0.2) is 47.0 Å². The average molecular weight is 334 g/mol. The number of hydrogen-bond acceptors (Lipinski definition) is 7. The number of nitrogens with one attached hydrogen (secondary N) is 1. The molecule has 0 aromatic carbocycles. The lowest BCUT2D eigenvalue weighted by atomic mass is 10.5. The molecule has 0 saturated heterocycles. The van der Waals surface area contributed by atoms with Crippen LogP contribution in [0.1, 0.15) is 4.88 Å². The van der Waals surface area contributed by atoms with Gasteiger partial charge in [0.05, 0.1) is 17.5 Å². The van der Waals surface area contributed by atoms with Crippen molar-refractivity contribution in [2.45, 2.75) is 17.5 Å². The summed E-state index contributed by atoms with van der Waals surface area (Å²) >= 11 is 9.11. The fourth-order valence-corrected chi connectivity index (χ4v) is 3.52. The van der Waals surface area contributed by atoms with Crippen LogP contribution in [0.2, 0.25) is 4.34 Å². The summed E-state index contributed by atoms with van der Waals surface area (Å²) in [5, 5.41) is 15.8. The summed E-state index contributed by atoms with van der Waals surface area (Å²) in [6.07, 6.45) is 0. The molecule has 0 atom stereocenters. The van der Waals surface area contributed by atoms with Crippen LogP contribution >= 0.6 is 34.7 Å². The van der Waals surface area contributed by atoms with Gasteiger partial charge in [-0.1, -0.05) is 23.4 Å². The zero-order valence-corrected chi connectivity index (χ0v) is 13.5. The van der Waals surface area contributed by atoms with E-state index in [4.69, 9.17) is 16.3 Å². The highest BCUT2D eigenvalue weighted by molar-refractivity contribution is 7.98. The Morgan fingerprint density at radius 2 is 2.35 bits per heavy atom. The largest absolute Gasteiger partial charge is 0.383 e. The molecule has 0 saturated carbocycles. The maximum absolute atomic E-state index is 5.91. The van der Waals surface area contributed by atoms with Crippen molar-refractivity contribution in [3.63, 3.8) is 0 Å². The van der Waals surface area contributed by atoms with Gasteiger partial charge in [0.2, 0.25) is 5.16 Å². The van der Waals surface area contributed by atoms with Crippen molar-refractivity contribution in [2.75, 3.05) is 26.8 Å². The van der Waals surface area contributed by atoms with Gasteiger partial charge >= 0.3 is 0 Å². The molecular formula is C11H16ClN5OS2. The third-order valence-corrected chi connectivity index (χ3v) is 4.87. The summed E-state index contributed by atoms with van der Waals surface area (Å²) in [5.74, 6) is 0.828. The summed E-state index contributed by atoms with van der Waals surface area (Å²) < 4.78 is 7.58. The topological polar surface area (TPSA) is 64.9 Å². The van der Waals surface area contributed by atoms with Gasteiger partial charge in [-0.25, -0.2) is 4.68 Å². The number of hydrogen-bond donors (Lipinski definition) is 1. The van der Waals surface area contributed by atoms with Crippen LogP contribution in [0.4, 0.5) is 0 Å². The molecule has 2 rings (SSSR count). The minimum atomic E-state index is 0.705. The van der Waals surface area contributed by atoms with Crippen LogP contribution in [0.5, 0.6) is 0 Å². The molecule has 20 heavy (non-hydrogen) atoms. The molecule has 1 N–H and O–H groups in total. The second kappa shape index (κ2) is 8.58. The number of rotatable bonds is 9. The molecule has 0 unspecified atom stereocenters. The Labute approximate surface area is 130 Å². The molecule has 0 radical (unpaired) electrons. The van der Waals surface area contributed by atoms with Crippen molar-refractivity contribution in [1.82, 2.24) is 25.5 Å². The van der Waals surface area contributed by atoms with Gasteiger partial charge in [-0.15, -0.1) is 16.4 Å². The predicted octanol–water partition coefficient (Wildman–Crippen LogP) is 1.92. The average Bonchev–Trinajstić information content (AvgIpc) is 3.05. The third-order valence-electron chi connectivity index (χ3n) is 2.45. The Morgan fingerprint density at radius 1 is 1.45 bits per heavy atom. The van der Waals surface area contributed by atoms with Gasteiger partial charge in [-0.3, -0.25) is 0 Å². The second-order valence-electron chi connectivity index (χ2n) is 3.92. The Balaban J connectivity index is 1.76. The molecule has 2 aromatic rings. The van der Waals surface area contributed by atoms with Crippen LogP contribution in [0, 0.1) is 0 Å².